The van der Waals surface area contributed by atoms with Gasteiger partial charge in [-0.25, -0.2) is 0 Å². The summed E-state index contributed by atoms with van der Waals surface area (Å²) in [4.78, 5) is 14.1. The van der Waals surface area contributed by atoms with Gasteiger partial charge in [0, 0.05) is 37.5 Å². The van der Waals surface area contributed by atoms with Crippen LogP contribution in [-0.2, 0) is 0 Å². The van der Waals surface area contributed by atoms with Crippen molar-refractivity contribution in [2.45, 2.75) is 19.6 Å². The largest absolute Gasteiger partial charge is 0.261 e. The Kier molecular flexibility index (Phi) is 3.46. The van der Waals surface area contributed by atoms with Gasteiger partial charge in [-0.15, -0.1) is 0 Å². The number of fused-ring (bicyclic) bond motifs is 4. The minimum Gasteiger partial charge on any atom is -0.261 e. The maximum Gasteiger partial charge on any atom is 0.247 e. The van der Waals surface area contributed by atoms with Crippen molar-refractivity contribution in [1.29, 1.82) is 0 Å². The predicted octanol–water partition coefficient (Wildman–Crippen LogP) is 3.59. The van der Waals surface area contributed by atoms with Gasteiger partial charge in [0.1, 0.15) is 0 Å². The van der Waals surface area contributed by atoms with Gasteiger partial charge < -0.3 is 0 Å². The summed E-state index contributed by atoms with van der Waals surface area (Å²) in [6, 6.07) is 22.2. The van der Waals surface area contributed by atoms with Crippen molar-refractivity contribution >= 4 is 46.6 Å². The standard InChI is InChI=1S/C22H13BN2S2/c1-3-7-18-15(5-1)23-16-6-2-4-8-19(16)27-21-12-14(11-20(26-18)22(21)23)17-13-24-9-10-25-17/h1-13H. The molecule has 0 unspecified atom stereocenters. The van der Waals surface area contributed by atoms with Gasteiger partial charge >= 0.3 is 0 Å². The molecule has 0 bridgehead atoms. The molecule has 0 saturated carbocycles. The number of rotatable bonds is 1. The zero-order valence-electron chi connectivity index (χ0n) is 14.3. The Morgan fingerprint density at radius 2 is 1.33 bits per heavy atom. The van der Waals surface area contributed by atoms with Gasteiger partial charge in [-0.2, -0.15) is 0 Å². The Morgan fingerprint density at radius 1 is 0.704 bits per heavy atom. The molecule has 27 heavy (non-hydrogen) atoms. The Bertz CT molecular complexity index is 1120. The lowest BCUT2D eigenvalue weighted by atomic mass is 9.36. The molecule has 0 N–H and O–H groups in total. The third kappa shape index (κ3) is 2.39. The van der Waals surface area contributed by atoms with Crippen molar-refractivity contribution in [2.24, 2.45) is 0 Å². The van der Waals surface area contributed by atoms with E-state index in [1.807, 2.05) is 29.7 Å². The van der Waals surface area contributed by atoms with Crippen molar-refractivity contribution in [3.8, 4) is 11.3 Å². The first-order valence-corrected chi connectivity index (χ1v) is 10.5. The molecule has 0 spiro atoms. The first-order valence-electron chi connectivity index (χ1n) is 8.86. The molecule has 126 valence electrons. The molecule has 0 aliphatic carbocycles. The molecule has 5 heteroatoms. The molecular formula is C22H13BN2S2. The van der Waals surface area contributed by atoms with Crippen molar-refractivity contribution in [1.82, 2.24) is 9.97 Å². The van der Waals surface area contributed by atoms with Crippen LogP contribution in [0.5, 0.6) is 0 Å². The highest BCUT2D eigenvalue weighted by molar-refractivity contribution is 8.01. The molecule has 3 aromatic carbocycles. The van der Waals surface area contributed by atoms with Gasteiger partial charge in [0.25, 0.3) is 0 Å². The molecule has 4 aromatic rings. The third-order valence-electron chi connectivity index (χ3n) is 5.15. The van der Waals surface area contributed by atoms with Crippen LogP contribution in [0.15, 0.2) is 98.8 Å². The summed E-state index contributed by atoms with van der Waals surface area (Å²) in [5.41, 5.74) is 6.32. The van der Waals surface area contributed by atoms with Crippen LogP contribution in [0.25, 0.3) is 11.3 Å². The summed E-state index contributed by atoms with van der Waals surface area (Å²) in [6.07, 6.45) is 5.32. The number of benzene rings is 3. The van der Waals surface area contributed by atoms with E-state index in [0.717, 1.165) is 11.3 Å². The normalized spacial score (nSPS) is 13.6. The first kappa shape index (κ1) is 15.6. The average Bonchev–Trinajstić information content (AvgIpc) is 2.74. The van der Waals surface area contributed by atoms with Gasteiger partial charge in [-0.1, -0.05) is 70.8 Å². The minimum absolute atomic E-state index is 0.306. The van der Waals surface area contributed by atoms with Crippen LogP contribution in [0.4, 0.5) is 0 Å². The Hall–Kier alpha value is -2.50. The highest BCUT2D eigenvalue weighted by Gasteiger charge is 2.37. The fourth-order valence-electron chi connectivity index (χ4n) is 3.99. The number of hydrogen-bond donors (Lipinski definition) is 0. The molecule has 1 aromatic heterocycles. The lowest BCUT2D eigenvalue weighted by molar-refractivity contribution is 1.20. The smallest absolute Gasteiger partial charge is 0.247 e. The zero-order chi connectivity index (χ0) is 17.8. The fraction of sp³-hybridized carbons (Fsp3) is 0. The maximum absolute atomic E-state index is 4.52. The Labute approximate surface area is 166 Å². The summed E-state index contributed by atoms with van der Waals surface area (Å²) >= 11 is 3.74. The number of aromatic nitrogens is 2. The molecule has 0 amide bonds. The van der Waals surface area contributed by atoms with Gasteiger partial charge in [0.2, 0.25) is 6.71 Å². The molecule has 0 saturated heterocycles. The van der Waals surface area contributed by atoms with E-state index in [4.69, 9.17) is 0 Å². The zero-order valence-corrected chi connectivity index (χ0v) is 15.9. The van der Waals surface area contributed by atoms with E-state index in [0.29, 0.717) is 6.71 Å². The molecule has 3 heterocycles. The van der Waals surface area contributed by atoms with E-state index in [9.17, 15) is 0 Å². The second-order valence-electron chi connectivity index (χ2n) is 6.69. The van der Waals surface area contributed by atoms with E-state index < -0.39 is 0 Å². The van der Waals surface area contributed by atoms with E-state index in [-0.39, 0.29) is 0 Å². The molecule has 6 rings (SSSR count). The topological polar surface area (TPSA) is 25.8 Å². The van der Waals surface area contributed by atoms with Crippen molar-refractivity contribution < 1.29 is 0 Å². The van der Waals surface area contributed by atoms with Crippen molar-refractivity contribution in [3.05, 3.63) is 79.3 Å². The lowest BCUT2D eigenvalue weighted by Crippen LogP contribution is -2.57. The Morgan fingerprint density at radius 3 is 1.93 bits per heavy atom. The van der Waals surface area contributed by atoms with Crippen molar-refractivity contribution in [2.75, 3.05) is 0 Å². The minimum atomic E-state index is 0.306. The van der Waals surface area contributed by atoms with E-state index in [1.54, 1.807) is 12.4 Å². The van der Waals surface area contributed by atoms with Crippen LogP contribution in [0.2, 0.25) is 0 Å². The highest BCUT2D eigenvalue weighted by Crippen LogP contribution is 2.40. The first-order chi connectivity index (χ1) is 13.4. The predicted molar refractivity (Wildman–Crippen MR) is 113 cm³/mol. The van der Waals surface area contributed by atoms with Gasteiger partial charge in [-0.05, 0) is 29.7 Å². The van der Waals surface area contributed by atoms with Gasteiger partial charge in [0.15, 0.2) is 0 Å². The van der Waals surface area contributed by atoms with E-state index >= 15 is 0 Å². The van der Waals surface area contributed by atoms with Gasteiger partial charge in [0.05, 0.1) is 11.9 Å². The molecule has 0 fully saturated rings. The maximum atomic E-state index is 4.52. The Balaban J connectivity index is 1.64. The van der Waals surface area contributed by atoms with Crippen LogP contribution in [-0.4, -0.2) is 16.7 Å². The van der Waals surface area contributed by atoms with Crippen molar-refractivity contribution in [3.63, 3.8) is 0 Å². The molecule has 0 radical (unpaired) electrons. The summed E-state index contributed by atoms with van der Waals surface area (Å²) in [5, 5.41) is 0. The SMILES string of the molecule is c1ccc2c(c1)Sc1cc(-c3cnccn3)cc3c1B2c1ccccc1S3. The number of nitrogens with zero attached hydrogens (tertiary/aromatic N) is 2. The summed E-state index contributed by atoms with van der Waals surface area (Å²) in [7, 11) is 0. The third-order valence-corrected chi connectivity index (χ3v) is 7.45. The second kappa shape index (κ2) is 6.01. The van der Waals surface area contributed by atoms with E-state index in [2.05, 4.69) is 70.6 Å². The molecule has 2 aliphatic rings. The van der Waals surface area contributed by atoms with Crippen LogP contribution in [0.3, 0.4) is 0 Å². The summed E-state index contributed by atoms with van der Waals surface area (Å²) in [5.74, 6) is 0. The molecule has 0 atom stereocenters. The van der Waals surface area contributed by atoms with Crippen LogP contribution >= 0.6 is 23.5 Å². The van der Waals surface area contributed by atoms with Crippen LogP contribution in [0, 0.1) is 0 Å². The van der Waals surface area contributed by atoms with Crippen LogP contribution in [0.1, 0.15) is 0 Å². The van der Waals surface area contributed by atoms with Gasteiger partial charge in [-0.3, -0.25) is 9.97 Å². The lowest BCUT2D eigenvalue weighted by Gasteiger charge is -2.33. The molecule has 2 aliphatic heterocycles. The quantitative estimate of drug-likeness (QED) is 0.407. The van der Waals surface area contributed by atoms with E-state index in [1.165, 1.54) is 36.0 Å². The number of hydrogen-bond acceptors (Lipinski definition) is 4. The average molecular weight is 380 g/mol. The van der Waals surface area contributed by atoms with Crippen LogP contribution < -0.4 is 16.4 Å². The second-order valence-corrected chi connectivity index (χ2v) is 8.86. The fourth-order valence-corrected chi connectivity index (χ4v) is 6.48. The molecular weight excluding hydrogens is 367 g/mol. The summed E-state index contributed by atoms with van der Waals surface area (Å²) in [6.45, 7) is 0.306. The summed E-state index contributed by atoms with van der Waals surface area (Å²) < 4.78 is 0. The highest BCUT2D eigenvalue weighted by atomic mass is 32.2. The monoisotopic (exact) mass is 380 g/mol. The molecule has 2 nitrogen and oxygen atoms in total.